The Morgan fingerprint density at radius 3 is 2.35 bits per heavy atom. The summed E-state index contributed by atoms with van der Waals surface area (Å²) in [5, 5.41) is 28.4. The maximum absolute atomic E-state index is 11.6. The lowest BCUT2D eigenvalue weighted by Gasteiger charge is -2.19. The van der Waals surface area contributed by atoms with Gasteiger partial charge in [0.2, 0.25) is 0 Å². The third kappa shape index (κ3) is 3.86. The fraction of sp³-hybridized carbons (Fsp3) is 0.267. The average Bonchev–Trinajstić information content (AvgIpc) is 2.40. The van der Waals surface area contributed by atoms with E-state index in [1.54, 1.807) is 13.0 Å². The van der Waals surface area contributed by atoms with E-state index in [9.17, 15) is 19.5 Å². The van der Waals surface area contributed by atoms with E-state index in [0.29, 0.717) is 10.9 Å². The molecule has 0 atom stereocenters. The Hall–Kier alpha value is -2.87. The first kappa shape index (κ1) is 16.5. The van der Waals surface area contributed by atoms with Crippen LogP contribution in [0.1, 0.15) is 11.1 Å². The molecule has 1 aromatic heterocycles. The predicted molar refractivity (Wildman–Crippen MR) is 79.4 cm³/mol. The number of aliphatic carboxylic acids is 2. The molecule has 122 valence electrons. The minimum absolute atomic E-state index is 0.121. The van der Waals surface area contributed by atoms with Gasteiger partial charge in [-0.15, -0.1) is 0 Å². The van der Waals surface area contributed by atoms with Crippen molar-refractivity contribution >= 4 is 22.9 Å². The van der Waals surface area contributed by atoms with Crippen LogP contribution in [0.25, 0.3) is 11.0 Å². The van der Waals surface area contributed by atoms with E-state index >= 15 is 0 Å². The number of carboxylic acids is 2. The van der Waals surface area contributed by atoms with E-state index in [4.69, 9.17) is 14.6 Å². The molecule has 0 aliphatic heterocycles. The van der Waals surface area contributed by atoms with Crippen molar-refractivity contribution in [2.24, 2.45) is 0 Å². The third-order valence-corrected chi connectivity index (χ3v) is 3.30. The lowest BCUT2D eigenvalue weighted by molar-refractivity contribution is -0.142. The molecule has 8 nitrogen and oxygen atoms in total. The highest BCUT2D eigenvalue weighted by atomic mass is 16.4. The molecule has 0 amide bonds. The second kappa shape index (κ2) is 6.49. The summed E-state index contributed by atoms with van der Waals surface area (Å²) in [4.78, 5) is 34.4. The van der Waals surface area contributed by atoms with Crippen molar-refractivity contribution in [1.29, 1.82) is 0 Å². The second-order valence-corrected chi connectivity index (χ2v) is 5.12. The number of hydrogen-bond donors (Lipinski definition) is 3. The van der Waals surface area contributed by atoms with Crippen LogP contribution in [0.3, 0.4) is 0 Å². The van der Waals surface area contributed by atoms with Gasteiger partial charge < -0.3 is 19.7 Å². The normalized spacial score (nSPS) is 11.0. The number of hydrogen-bond acceptors (Lipinski definition) is 6. The first-order valence-electron chi connectivity index (χ1n) is 6.69. The van der Waals surface area contributed by atoms with Crippen LogP contribution in [0, 0.1) is 6.92 Å². The molecule has 8 heteroatoms. The average molecular weight is 321 g/mol. The van der Waals surface area contributed by atoms with Gasteiger partial charge in [-0.3, -0.25) is 14.5 Å². The van der Waals surface area contributed by atoms with E-state index in [1.807, 2.05) is 0 Å². The number of nitrogens with zero attached hydrogens (tertiary/aromatic N) is 1. The number of benzene rings is 1. The second-order valence-electron chi connectivity index (χ2n) is 5.12. The number of phenolic OH excluding ortho intramolecular Hbond substituents is 1. The van der Waals surface area contributed by atoms with Gasteiger partial charge in [-0.25, -0.2) is 4.79 Å². The topological polar surface area (TPSA) is 128 Å². The Morgan fingerprint density at radius 1 is 1.17 bits per heavy atom. The van der Waals surface area contributed by atoms with Gasteiger partial charge in [0.15, 0.2) is 0 Å². The fourth-order valence-electron chi connectivity index (χ4n) is 2.36. The Labute approximate surface area is 130 Å². The van der Waals surface area contributed by atoms with E-state index in [0.717, 1.165) is 4.90 Å². The molecule has 0 saturated carbocycles. The minimum Gasteiger partial charge on any atom is -0.507 e. The molecule has 0 fully saturated rings. The van der Waals surface area contributed by atoms with Crippen LogP contribution < -0.4 is 5.63 Å². The van der Waals surface area contributed by atoms with Crippen LogP contribution in [0.15, 0.2) is 27.4 Å². The van der Waals surface area contributed by atoms with Crippen molar-refractivity contribution < 1.29 is 29.3 Å². The summed E-state index contributed by atoms with van der Waals surface area (Å²) in [5.74, 6) is -2.61. The van der Waals surface area contributed by atoms with Crippen LogP contribution in [-0.4, -0.2) is 45.2 Å². The quantitative estimate of drug-likeness (QED) is 0.666. The highest BCUT2D eigenvalue weighted by Crippen LogP contribution is 2.29. The number of aromatic hydroxyl groups is 1. The summed E-state index contributed by atoms with van der Waals surface area (Å²) in [6.45, 7) is 0.455. The summed E-state index contributed by atoms with van der Waals surface area (Å²) >= 11 is 0. The standard InChI is InChI=1S/C15H15NO7/c1-8-4-14(22)23-15-9(8)2-3-11(17)10(15)5-16(6-12(18)19)7-13(20)21/h2-4,17H,5-7H2,1H3,(H,18,19)(H,20,21). The Morgan fingerprint density at radius 2 is 1.78 bits per heavy atom. The number of phenols is 1. The maximum Gasteiger partial charge on any atom is 0.336 e. The van der Waals surface area contributed by atoms with Crippen molar-refractivity contribution in [2.75, 3.05) is 13.1 Å². The smallest absolute Gasteiger partial charge is 0.336 e. The summed E-state index contributed by atoms with van der Waals surface area (Å²) in [5.41, 5.74) is 0.326. The Balaban J connectivity index is 2.52. The summed E-state index contributed by atoms with van der Waals surface area (Å²) in [7, 11) is 0. The molecule has 0 unspecified atom stereocenters. The number of fused-ring (bicyclic) bond motifs is 1. The predicted octanol–water partition coefficient (Wildman–Crippen LogP) is 0.778. The molecule has 1 aromatic carbocycles. The van der Waals surface area contributed by atoms with E-state index in [2.05, 4.69) is 0 Å². The minimum atomic E-state index is -1.20. The number of carboxylic acid groups (broad SMARTS) is 2. The van der Waals surface area contributed by atoms with Crippen molar-refractivity contribution in [1.82, 2.24) is 4.90 Å². The molecule has 0 aliphatic rings. The van der Waals surface area contributed by atoms with Crippen molar-refractivity contribution in [3.05, 3.63) is 39.7 Å². The summed E-state index contributed by atoms with van der Waals surface area (Å²) in [6, 6.07) is 4.27. The van der Waals surface area contributed by atoms with Gasteiger partial charge in [-0.2, -0.15) is 0 Å². The molecule has 2 aromatic rings. The first-order chi connectivity index (χ1) is 10.8. The van der Waals surface area contributed by atoms with Gasteiger partial charge in [0, 0.05) is 18.0 Å². The SMILES string of the molecule is Cc1cc(=O)oc2c(CN(CC(=O)O)CC(=O)O)c(O)ccc12. The zero-order valence-corrected chi connectivity index (χ0v) is 12.3. The van der Waals surface area contributed by atoms with E-state index in [-0.39, 0.29) is 23.4 Å². The van der Waals surface area contributed by atoms with Crippen LogP contribution in [0.5, 0.6) is 5.75 Å². The van der Waals surface area contributed by atoms with Crippen LogP contribution in [0.4, 0.5) is 0 Å². The number of aryl methyl sites for hydroxylation is 1. The zero-order valence-electron chi connectivity index (χ0n) is 12.3. The molecular weight excluding hydrogens is 306 g/mol. The molecular formula is C15H15NO7. The van der Waals surface area contributed by atoms with E-state index in [1.165, 1.54) is 12.1 Å². The Kier molecular flexibility index (Phi) is 4.65. The van der Waals surface area contributed by atoms with E-state index < -0.39 is 30.7 Å². The zero-order chi connectivity index (χ0) is 17.1. The largest absolute Gasteiger partial charge is 0.507 e. The highest BCUT2D eigenvalue weighted by Gasteiger charge is 2.19. The summed E-state index contributed by atoms with van der Waals surface area (Å²) in [6.07, 6.45) is 0. The van der Waals surface area contributed by atoms with Gasteiger partial charge in [-0.05, 0) is 24.6 Å². The molecule has 0 spiro atoms. The third-order valence-electron chi connectivity index (χ3n) is 3.30. The number of rotatable bonds is 6. The molecule has 23 heavy (non-hydrogen) atoms. The lowest BCUT2D eigenvalue weighted by atomic mass is 10.1. The molecule has 0 radical (unpaired) electrons. The molecule has 2 rings (SSSR count). The maximum atomic E-state index is 11.6. The monoisotopic (exact) mass is 321 g/mol. The molecule has 0 bridgehead atoms. The van der Waals surface area contributed by atoms with Gasteiger partial charge in [-0.1, -0.05) is 0 Å². The van der Waals surface area contributed by atoms with Gasteiger partial charge in [0.1, 0.15) is 11.3 Å². The van der Waals surface area contributed by atoms with Gasteiger partial charge >= 0.3 is 17.6 Å². The van der Waals surface area contributed by atoms with Crippen LogP contribution in [-0.2, 0) is 16.1 Å². The first-order valence-corrected chi connectivity index (χ1v) is 6.69. The lowest BCUT2D eigenvalue weighted by Crippen LogP contribution is -2.34. The molecule has 3 N–H and O–H groups in total. The Bertz CT molecular complexity index is 808. The van der Waals surface area contributed by atoms with Crippen LogP contribution in [0.2, 0.25) is 0 Å². The molecule has 1 heterocycles. The van der Waals surface area contributed by atoms with Crippen molar-refractivity contribution in [3.8, 4) is 5.75 Å². The summed E-state index contributed by atoms with van der Waals surface area (Å²) < 4.78 is 5.13. The van der Waals surface area contributed by atoms with Crippen molar-refractivity contribution in [2.45, 2.75) is 13.5 Å². The van der Waals surface area contributed by atoms with Gasteiger partial charge in [0.05, 0.1) is 18.7 Å². The molecule has 0 aliphatic carbocycles. The highest BCUT2D eigenvalue weighted by molar-refractivity contribution is 5.85. The molecule has 0 saturated heterocycles. The van der Waals surface area contributed by atoms with Crippen molar-refractivity contribution in [3.63, 3.8) is 0 Å². The number of carbonyl (C=O) groups is 2. The van der Waals surface area contributed by atoms with Crippen LogP contribution >= 0.6 is 0 Å². The van der Waals surface area contributed by atoms with Gasteiger partial charge in [0.25, 0.3) is 0 Å². The fourth-order valence-corrected chi connectivity index (χ4v) is 2.36.